The van der Waals surface area contributed by atoms with E-state index in [9.17, 15) is 31.1 Å². The number of carbonyl (C=O) groups is 1. The maximum absolute atomic E-state index is 13.4. The van der Waals surface area contributed by atoms with E-state index in [1.54, 1.807) is 0 Å². The highest BCUT2D eigenvalue weighted by atomic mass is 19.4. The number of rotatable bonds is 1. The van der Waals surface area contributed by atoms with Gasteiger partial charge in [0, 0.05) is 5.92 Å². The normalized spacial score (nSPS) is 26.7. The lowest BCUT2D eigenvalue weighted by Gasteiger charge is -2.45. The third kappa shape index (κ3) is 1.67. The Morgan fingerprint density at radius 3 is 2.32 bits per heavy atom. The van der Waals surface area contributed by atoms with E-state index in [2.05, 4.69) is 4.42 Å². The molecule has 3 nitrogen and oxygen atoms in total. The average Bonchev–Trinajstić information content (AvgIpc) is 3.09. The predicted molar refractivity (Wildman–Crippen MR) is 60.8 cm³/mol. The van der Waals surface area contributed by atoms with Gasteiger partial charge in [0.25, 0.3) is 5.91 Å². The first-order valence-corrected chi connectivity index (χ1v) is 6.29. The van der Waals surface area contributed by atoms with E-state index in [0.717, 1.165) is 18.4 Å². The van der Waals surface area contributed by atoms with E-state index in [1.807, 2.05) is 0 Å². The highest BCUT2D eigenvalue weighted by Crippen LogP contribution is 2.60. The maximum Gasteiger partial charge on any atom is 0.421 e. The standard InChI is InChI=1S/C13H9F6NO2/c14-12(15,16)11(13(17,18)19)7-3-4-8(6-7)20(11)10(21)9-2-1-5-22-9/h1-5,7-8H,6H2/t7-,8-/m1/s1. The molecule has 1 saturated heterocycles. The van der Waals surface area contributed by atoms with Crippen LogP contribution in [0, 0.1) is 5.92 Å². The summed E-state index contributed by atoms with van der Waals surface area (Å²) in [5.41, 5.74) is -4.22. The van der Waals surface area contributed by atoms with Crippen molar-refractivity contribution >= 4 is 5.91 Å². The van der Waals surface area contributed by atoms with Crippen molar-refractivity contribution in [3.8, 4) is 0 Å². The molecule has 2 bridgehead atoms. The summed E-state index contributed by atoms with van der Waals surface area (Å²) in [5.74, 6) is -3.83. The lowest BCUT2D eigenvalue weighted by Crippen LogP contribution is -2.70. The van der Waals surface area contributed by atoms with Crippen molar-refractivity contribution in [3.63, 3.8) is 0 Å². The Labute approximate surface area is 120 Å². The van der Waals surface area contributed by atoms with Gasteiger partial charge in [0.1, 0.15) is 0 Å². The second-order valence-electron chi connectivity index (χ2n) is 5.21. The topological polar surface area (TPSA) is 33.5 Å². The molecule has 1 aliphatic heterocycles. The number of amides is 1. The first-order valence-electron chi connectivity index (χ1n) is 6.29. The first-order chi connectivity index (χ1) is 10.1. The van der Waals surface area contributed by atoms with E-state index >= 15 is 0 Å². The van der Waals surface area contributed by atoms with Crippen LogP contribution in [0.15, 0.2) is 35.0 Å². The van der Waals surface area contributed by atoms with Crippen molar-refractivity contribution in [1.82, 2.24) is 4.90 Å². The summed E-state index contributed by atoms with van der Waals surface area (Å²) in [6.45, 7) is 0. The van der Waals surface area contributed by atoms with Crippen LogP contribution in [0.3, 0.4) is 0 Å². The fraction of sp³-hybridized carbons (Fsp3) is 0.462. The zero-order chi connectivity index (χ0) is 16.3. The molecule has 1 aliphatic carbocycles. The predicted octanol–water partition coefficient (Wildman–Crippen LogP) is 3.54. The quantitative estimate of drug-likeness (QED) is 0.584. The summed E-state index contributed by atoms with van der Waals surface area (Å²) >= 11 is 0. The van der Waals surface area contributed by atoms with Gasteiger partial charge in [-0.1, -0.05) is 12.2 Å². The van der Waals surface area contributed by atoms with Gasteiger partial charge >= 0.3 is 12.4 Å². The fourth-order valence-electron chi connectivity index (χ4n) is 3.31. The Kier molecular flexibility index (Phi) is 2.93. The van der Waals surface area contributed by atoms with Crippen LogP contribution in [0.1, 0.15) is 17.0 Å². The molecule has 2 heterocycles. The average molecular weight is 325 g/mol. The van der Waals surface area contributed by atoms with Crippen molar-refractivity contribution in [2.75, 3.05) is 0 Å². The van der Waals surface area contributed by atoms with Crippen molar-refractivity contribution in [2.45, 2.75) is 30.4 Å². The molecule has 0 N–H and O–H groups in total. The molecule has 2 atom stereocenters. The van der Waals surface area contributed by atoms with E-state index in [1.165, 1.54) is 12.1 Å². The smallest absolute Gasteiger partial charge is 0.421 e. The minimum Gasteiger partial charge on any atom is -0.459 e. The third-order valence-electron chi connectivity index (χ3n) is 4.12. The van der Waals surface area contributed by atoms with Gasteiger partial charge in [0.15, 0.2) is 5.76 Å². The number of carbonyl (C=O) groups excluding carboxylic acids is 1. The number of hydrogen-bond acceptors (Lipinski definition) is 2. The second kappa shape index (κ2) is 4.30. The van der Waals surface area contributed by atoms with Crippen LogP contribution in [-0.4, -0.2) is 34.7 Å². The molecule has 1 amide bonds. The van der Waals surface area contributed by atoms with Gasteiger partial charge in [0.05, 0.1) is 12.3 Å². The minimum absolute atomic E-state index is 0.128. The van der Waals surface area contributed by atoms with Gasteiger partial charge in [0.2, 0.25) is 5.54 Å². The molecule has 0 radical (unpaired) electrons. The summed E-state index contributed by atoms with van der Waals surface area (Å²) in [6.07, 6.45) is -8.63. The molecular formula is C13H9F6NO2. The summed E-state index contributed by atoms with van der Waals surface area (Å²) in [5, 5.41) is 0. The number of halogens is 6. The van der Waals surface area contributed by atoms with Gasteiger partial charge in [-0.2, -0.15) is 26.3 Å². The molecule has 0 unspecified atom stereocenters. The molecule has 2 aliphatic rings. The highest BCUT2D eigenvalue weighted by Gasteiger charge is 2.81. The summed E-state index contributed by atoms with van der Waals surface area (Å²) in [4.78, 5) is 12.1. The van der Waals surface area contributed by atoms with Gasteiger partial charge < -0.3 is 9.32 Å². The van der Waals surface area contributed by atoms with Crippen LogP contribution >= 0.6 is 0 Å². The van der Waals surface area contributed by atoms with Crippen LogP contribution in [0.2, 0.25) is 0 Å². The fourth-order valence-corrected chi connectivity index (χ4v) is 3.31. The van der Waals surface area contributed by atoms with E-state index in [-0.39, 0.29) is 4.90 Å². The van der Waals surface area contributed by atoms with Crippen molar-refractivity contribution in [3.05, 3.63) is 36.3 Å². The molecule has 3 rings (SSSR count). The minimum atomic E-state index is -5.66. The van der Waals surface area contributed by atoms with Gasteiger partial charge in [-0.25, -0.2) is 0 Å². The molecule has 0 saturated carbocycles. The van der Waals surface area contributed by atoms with Crippen LogP contribution in [0.25, 0.3) is 0 Å². The Morgan fingerprint density at radius 1 is 1.18 bits per heavy atom. The van der Waals surface area contributed by atoms with Crippen molar-refractivity contribution < 1.29 is 35.6 Å². The number of hydrogen-bond donors (Lipinski definition) is 0. The summed E-state index contributed by atoms with van der Waals surface area (Å²) in [7, 11) is 0. The third-order valence-corrected chi connectivity index (χ3v) is 4.12. The number of furan rings is 1. The number of alkyl halides is 6. The Morgan fingerprint density at radius 2 is 1.82 bits per heavy atom. The Balaban J connectivity index is 2.18. The second-order valence-corrected chi connectivity index (χ2v) is 5.21. The Hall–Kier alpha value is -1.93. The maximum atomic E-state index is 13.4. The van der Waals surface area contributed by atoms with Crippen LogP contribution in [0.5, 0.6) is 0 Å². The lowest BCUT2D eigenvalue weighted by atomic mass is 9.83. The summed E-state index contributed by atoms with van der Waals surface area (Å²) < 4.78 is 85.3. The van der Waals surface area contributed by atoms with E-state index < -0.39 is 47.9 Å². The molecule has 120 valence electrons. The molecule has 0 spiro atoms. The van der Waals surface area contributed by atoms with Crippen molar-refractivity contribution in [2.24, 2.45) is 5.92 Å². The van der Waals surface area contributed by atoms with Crippen LogP contribution in [-0.2, 0) is 0 Å². The zero-order valence-electron chi connectivity index (χ0n) is 10.8. The molecule has 9 heteroatoms. The monoisotopic (exact) mass is 325 g/mol. The summed E-state index contributed by atoms with van der Waals surface area (Å²) in [6, 6.07) is 1.00. The van der Waals surface area contributed by atoms with Gasteiger partial charge in [-0.05, 0) is 18.6 Å². The molecule has 1 aromatic rings. The van der Waals surface area contributed by atoms with Gasteiger partial charge in [-0.3, -0.25) is 4.79 Å². The van der Waals surface area contributed by atoms with Gasteiger partial charge in [-0.15, -0.1) is 0 Å². The highest BCUT2D eigenvalue weighted by molar-refractivity contribution is 5.93. The molecule has 22 heavy (non-hydrogen) atoms. The SMILES string of the molecule is O=C(c1ccco1)N1[C@@H]2C=C[C@H](C2)C1(C(F)(F)F)C(F)(F)F. The van der Waals surface area contributed by atoms with E-state index in [0.29, 0.717) is 0 Å². The molecule has 1 fully saturated rings. The number of likely N-dealkylation sites (tertiary alicyclic amines) is 1. The van der Waals surface area contributed by atoms with E-state index in [4.69, 9.17) is 0 Å². The zero-order valence-corrected chi connectivity index (χ0v) is 10.8. The largest absolute Gasteiger partial charge is 0.459 e. The van der Waals surface area contributed by atoms with Crippen LogP contribution < -0.4 is 0 Å². The van der Waals surface area contributed by atoms with Crippen molar-refractivity contribution in [1.29, 1.82) is 0 Å². The first kappa shape index (κ1) is 15.0. The lowest BCUT2D eigenvalue weighted by molar-refractivity contribution is -0.336. The number of fused-ring (bicyclic) bond motifs is 2. The molecular weight excluding hydrogens is 316 g/mol. The number of nitrogens with zero attached hydrogens (tertiary/aromatic N) is 1. The molecule has 0 aromatic carbocycles. The molecule has 1 aromatic heterocycles. The van der Waals surface area contributed by atoms with Crippen LogP contribution in [0.4, 0.5) is 26.3 Å². The Bertz CT molecular complexity index is 601.